The monoisotopic (exact) mass is 235 g/mol. The number of carbonyl (C=O) groups is 2. The van der Waals surface area contributed by atoms with Crippen LogP contribution in [0.1, 0.15) is 13.8 Å². The molecule has 79 valence electrons. The van der Waals surface area contributed by atoms with Gasteiger partial charge in [-0.3, -0.25) is 18.7 Å². The summed E-state index contributed by atoms with van der Waals surface area (Å²) in [5.41, 5.74) is 0. The number of aldehydes is 1. The molecular weight excluding hydrogens is 223 g/mol. The molecule has 1 radical (unpaired) electrons. The zero-order valence-corrected chi connectivity index (χ0v) is 11.1. The summed E-state index contributed by atoms with van der Waals surface area (Å²) in [5.74, 6) is -0.503. The van der Waals surface area contributed by atoms with Gasteiger partial charge in [0, 0.05) is 36.2 Å². The third-order valence-electron chi connectivity index (χ3n) is 0.933. The minimum Gasteiger partial charge on any atom is -0.371 e. The average molecular weight is 235 g/mol. The van der Waals surface area contributed by atoms with Crippen LogP contribution >= 0.6 is 0 Å². The van der Waals surface area contributed by atoms with Crippen LogP contribution in [0.2, 0.25) is 0 Å². The molecule has 0 bridgehead atoms. The Labute approximate surface area is 107 Å². The van der Waals surface area contributed by atoms with E-state index in [1.807, 2.05) is 0 Å². The molecular formula is C6H12NaO6S. The second-order valence-corrected chi connectivity index (χ2v) is 2.31. The third kappa shape index (κ3) is 18.2. The van der Waals surface area contributed by atoms with Crippen molar-refractivity contribution in [2.24, 2.45) is 0 Å². The first kappa shape index (κ1) is 19.9. The summed E-state index contributed by atoms with van der Waals surface area (Å²) in [4.78, 5) is 20.2. The molecule has 0 aliphatic heterocycles. The van der Waals surface area contributed by atoms with E-state index < -0.39 is 23.2 Å². The van der Waals surface area contributed by atoms with Crippen LogP contribution in [-0.4, -0.2) is 67.7 Å². The zero-order valence-electron chi connectivity index (χ0n) is 8.30. The van der Waals surface area contributed by atoms with E-state index in [0.717, 1.165) is 0 Å². The van der Waals surface area contributed by atoms with Gasteiger partial charge in [-0.15, -0.1) is 0 Å². The van der Waals surface area contributed by atoms with Gasteiger partial charge < -0.3 is 4.74 Å². The zero-order chi connectivity index (χ0) is 10.9. The molecule has 0 spiro atoms. The number of rotatable bonds is 4. The second-order valence-electron chi connectivity index (χ2n) is 1.85. The van der Waals surface area contributed by atoms with Crippen molar-refractivity contribution in [1.29, 1.82) is 0 Å². The van der Waals surface area contributed by atoms with Crippen molar-refractivity contribution in [2.75, 3.05) is 6.61 Å². The summed E-state index contributed by atoms with van der Waals surface area (Å²) >= 11 is -2.61. The Hall–Kier alpha value is 0.370. The summed E-state index contributed by atoms with van der Waals surface area (Å²) < 4.78 is 27.6. The molecule has 0 rings (SSSR count). The number of ether oxygens (including phenoxy) is 1. The molecule has 6 nitrogen and oxygen atoms in total. The Bertz CT molecular complexity index is 181. The van der Waals surface area contributed by atoms with Gasteiger partial charge in [0.15, 0.2) is 6.29 Å². The first-order valence-electron chi connectivity index (χ1n) is 3.36. The van der Waals surface area contributed by atoms with E-state index in [0.29, 0.717) is 6.61 Å². The van der Waals surface area contributed by atoms with Crippen molar-refractivity contribution in [3.8, 4) is 0 Å². The SMILES string of the molecule is CCOC(C)C(=O)C=O.O=S(O)O.[Na]. The van der Waals surface area contributed by atoms with E-state index in [1.54, 1.807) is 13.8 Å². The fourth-order valence-corrected chi connectivity index (χ4v) is 0.428. The average Bonchev–Trinajstić information content (AvgIpc) is 2.02. The summed E-state index contributed by atoms with van der Waals surface area (Å²) in [6.07, 6.45) is -0.298. The van der Waals surface area contributed by atoms with Crippen LogP contribution in [0.3, 0.4) is 0 Å². The van der Waals surface area contributed by atoms with E-state index in [-0.39, 0.29) is 35.8 Å². The summed E-state index contributed by atoms with van der Waals surface area (Å²) in [5, 5.41) is 0. The molecule has 0 aromatic heterocycles. The van der Waals surface area contributed by atoms with Gasteiger partial charge in [-0.25, -0.2) is 0 Å². The fourth-order valence-electron chi connectivity index (χ4n) is 0.428. The molecule has 0 aromatic carbocycles. The molecule has 0 aliphatic rings. The Morgan fingerprint density at radius 1 is 1.57 bits per heavy atom. The molecule has 0 aliphatic carbocycles. The molecule has 0 aromatic rings. The van der Waals surface area contributed by atoms with Crippen molar-refractivity contribution in [1.82, 2.24) is 0 Å². The summed E-state index contributed by atoms with van der Waals surface area (Å²) in [6, 6.07) is 0. The number of ketones is 1. The number of Topliss-reactive ketones (excluding diaryl/α,β-unsaturated/α-hetero) is 1. The largest absolute Gasteiger partial charge is 0.371 e. The predicted octanol–water partition coefficient (Wildman–Crippen LogP) is -0.520. The van der Waals surface area contributed by atoms with E-state index in [1.165, 1.54) is 0 Å². The second kappa shape index (κ2) is 13.4. The molecule has 0 saturated carbocycles. The first-order valence-corrected chi connectivity index (χ1v) is 4.42. The minimum atomic E-state index is -2.61. The van der Waals surface area contributed by atoms with Gasteiger partial charge in [0.2, 0.25) is 5.78 Å². The van der Waals surface area contributed by atoms with Crippen molar-refractivity contribution >= 4 is 53.0 Å². The van der Waals surface area contributed by atoms with Crippen LogP contribution in [0.25, 0.3) is 0 Å². The van der Waals surface area contributed by atoms with Crippen molar-refractivity contribution in [2.45, 2.75) is 20.0 Å². The van der Waals surface area contributed by atoms with Crippen LogP contribution in [0.4, 0.5) is 0 Å². The van der Waals surface area contributed by atoms with E-state index in [2.05, 4.69) is 0 Å². The van der Waals surface area contributed by atoms with Gasteiger partial charge >= 0.3 is 0 Å². The normalized spacial score (nSPS) is 10.6. The first-order chi connectivity index (χ1) is 5.95. The van der Waals surface area contributed by atoms with Gasteiger partial charge in [0.25, 0.3) is 11.4 Å². The molecule has 1 atom stereocenters. The maximum Gasteiger partial charge on any atom is 0.299 e. The quantitative estimate of drug-likeness (QED) is 0.294. The Morgan fingerprint density at radius 2 is 1.93 bits per heavy atom. The maximum absolute atomic E-state index is 10.4. The van der Waals surface area contributed by atoms with Crippen molar-refractivity contribution < 1.29 is 27.6 Å². The van der Waals surface area contributed by atoms with Gasteiger partial charge in [-0.2, -0.15) is 4.21 Å². The molecule has 14 heavy (non-hydrogen) atoms. The van der Waals surface area contributed by atoms with Crippen LogP contribution in [0, 0.1) is 0 Å². The number of hydrogen-bond donors (Lipinski definition) is 2. The van der Waals surface area contributed by atoms with Crippen LogP contribution < -0.4 is 0 Å². The molecule has 8 heteroatoms. The molecule has 0 heterocycles. The Kier molecular flexibility index (Phi) is 19.0. The maximum atomic E-state index is 10.4. The minimum absolute atomic E-state index is 0. The molecule has 0 saturated heterocycles. The van der Waals surface area contributed by atoms with Crippen LogP contribution in [0.15, 0.2) is 0 Å². The molecule has 0 amide bonds. The van der Waals surface area contributed by atoms with E-state index >= 15 is 0 Å². The van der Waals surface area contributed by atoms with Crippen LogP contribution in [-0.2, 0) is 25.7 Å². The topological polar surface area (TPSA) is 101 Å². The van der Waals surface area contributed by atoms with Gasteiger partial charge in [0.1, 0.15) is 6.10 Å². The molecule has 2 N–H and O–H groups in total. The number of hydrogen-bond acceptors (Lipinski definition) is 4. The molecule has 1 unspecified atom stereocenters. The fraction of sp³-hybridized carbons (Fsp3) is 0.667. The van der Waals surface area contributed by atoms with E-state index in [4.69, 9.17) is 18.1 Å². The summed E-state index contributed by atoms with van der Waals surface area (Å²) in [7, 11) is 0. The standard InChI is InChI=1S/C6H10O3.Na.H2O3S/c1-3-9-5(2)6(8)4-7;;1-4(2)3/h4-5H,3H2,1-2H3;;(H2,1,2,3). The predicted molar refractivity (Wildman–Crippen MR) is 51.3 cm³/mol. The van der Waals surface area contributed by atoms with Gasteiger partial charge in [0.05, 0.1) is 0 Å². The Balaban J connectivity index is -0.000000209. The van der Waals surface area contributed by atoms with Crippen molar-refractivity contribution in [3.05, 3.63) is 0 Å². The van der Waals surface area contributed by atoms with Crippen LogP contribution in [0.5, 0.6) is 0 Å². The third-order valence-corrected chi connectivity index (χ3v) is 0.933. The van der Waals surface area contributed by atoms with Crippen molar-refractivity contribution in [3.63, 3.8) is 0 Å². The van der Waals surface area contributed by atoms with E-state index in [9.17, 15) is 9.59 Å². The smallest absolute Gasteiger partial charge is 0.299 e. The number of carbonyl (C=O) groups excluding carboxylic acids is 2. The summed E-state index contributed by atoms with van der Waals surface area (Å²) in [6.45, 7) is 3.79. The molecule has 0 fully saturated rings. The van der Waals surface area contributed by atoms with Gasteiger partial charge in [-0.05, 0) is 13.8 Å². The Morgan fingerprint density at radius 3 is 2.14 bits per heavy atom. The van der Waals surface area contributed by atoms with Gasteiger partial charge in [-0.1, -0.05) is 0 Å².